The maximum Gasteiger partial charge on any atom is 0.231 e. The summed E-state index contributed by atoms with van der Waals surface area (Å²) in [5.41, 5.74) is 2.71. The van der Waals surface area contributed by atoms with Crippen molar-refractivity contribution in [2.45, 2.75) is 25.8 Å². The SMILES string of the molecule is COCCOCCOc1cc2ncnc3c2cc1OCCCCCN(C)Cc1ccc2c(c1N3)OCO2. The van der Waals surface area contributed by atoms with Crippen molar-refractivity contribution in [2.24, 2.45) is 0 Å². The number of methoxy groups -OCH3 is 1. The minimum Gasteiger partial charge on any atom is -0.490 e. The molecule has 1 aromatic heterocycles. The molecular formula is C27H34N4O6. The standard InChI is InChI=1S/C27H34N4O6/c1-31-8-4-3-5-9-34-23-14-20-21(15-24(23)35-13-12-33-11-10-32-2)28-17-29-27(20)30-25-19(16-31)6-7-22-26(25)37-18-36-22/h6-7,14-15,17H,3-5,8-13,16,18H2,1-2H3,(H,28,29,30). The number of anilines is 2. The lowest BCUT2D eigenvalue weighted by molar-refractivity contribution is 0.0539. The van der Waals surface area contributed by atoms with Crippen LogP contribution in [0.1, 0.15) is 24.8 Å². The van der Waals surface area contributed by atoms with Crippen LogP contribution in [0.25, 0.3) is 10.9 Å². The molecule has 0 radical (unpaired) electrons. The van der Waals surface area contributed by atoms with E-state index in [0.717, 1.165) is 60.3 Å². The number of hydrogen-bond acceptors (Lipinski definition) is 10. The van der Waals surface area contributed by atoms with Gasteiger partial charge in [0.2, 0.25) is 6.79 Å². The molecular weight excluding hydrogens is 476 g/mol. The van der Waals surface area contributed by atoms with Crippen molar-refractivity contribution in [2.75, 3.05) is 65.8 Å². The fourth-order valence-corrected chi connectivity index (χ4v) is 4.46. The van der Waals surface area contributed by atoms with Gasteiger partial charge in [-0.1, -0.05) is 6.07 Å². The normalized spacial score (nSPS) is 15.9. The van der Waals surface area contributed by atoms with Crippen LogP contribution in [0.5, 0.6) is 23.0 Å². The molecule has 10 heteroatoms. The van der Waals surface area contributed by atoms with Gasteiger partial charge in [-0.3, -0.25) is 0 Å². The van der Waals surface area contributed by atoms with Crippen molar-refractivity contribution in [1.82, 2.24) is 14.9 Å². The van der Waals surface area contributed by atoms with Crippen LogP contribution in [-0.2, 0) is 16.0 Å². The summed E-state index contributed by atoms with van der Waals surface area (Å²) in [4.78, 5) is 11.4. The van der Waals surface area contributed by atoms with Crippen LogP contribution in [0.15, 0.2) is 30.6 Å². The summed E-state index contributed by atoms with van der Waals surface area (Å²) in [6.07, 6.45) is 4.66. The smallest absolute Gasteiger partial charge is 0.231 e. The van der Waals surface area contributed by atoms with E-state index in [1.807, 2.05) is 18.2 Å². The maximum absolute atomic E-state index is 6.21. The second-order valence-corrected chi connectivity index (χ2v) is 9.10. The van der Waals surface area contributed by atoms with Crippen molar-refractivity contribution in [1.29, 1.82) is 0 Å². The molecule has 0 aliphatic carbocycles. The van der Waals surface area contributed by atoms with E-state index >= 15 is 0 Å². The second kappa shape index (κ2) is 12.3. The highest BCUT2D eigenvalue weighted by Crippen LogP contribution is 2.44. The minimum atomic E-state index is 0.196. The molecule has 37 heavy (non-hydrogen) atoms. The predicted octanol–water partition coefficient (Wildman–Crippen LogP) is 4.14. The molecule has 0 saturated heterocycles. The molecule has 2 bridgehead atoms. The Morgan fingerprint density at radius 2 is 1.89 bits per heavy atom. The topological polar surface area (TPSA) is 96.4 Å². The molecule has 1 N–H and O–H groups in total. The highest BCUT2D eigenvalue weighted by atomic mass is 16.7. The Balaban J connectivity index is 1.49. The number of aromatic nitrogens is 2. The Morgan fingerprint density at radius 3 is 2.81 bits per heavy atom. The first kappa shape index (κ1) is 25.3. The van der Waals surface area contributed by atoms with Crippen molar-refractivity contribution in [3.05, 3.63) is 36.2 Å². The molecule has 0 amide bonds. The lowest BCUT2D eigenvalue weighted by Gasteiger charge is -2.20. The van der Waals surface area contributed by atoms with Crippen LogP contribution < -0.4 is 24.3 Å². The first-order chi connectivity index (χ1) is 18.2. The van der Waals surface area contributed by atoms with E-state index in [2.05, 4.69) is 33.3 Å². The van der Waals surface area contributed by atoms with Gasteiger partial charge in [0.1, 0.15) is 18.8 Å². The minimum absolute atomic E-state index is 0.196. The fraction of sp³-hybridized carbons (Fsp3) is 0.481. The fourth-order valence-electron chi connectivity index (χ4n) is 4.46. The molecule has 0 spiro atoms. The van der Waals surface area contributed by atoms with Crippen molar-refractivity contribution in [3.63, 3.8) is 0 Å². The third kappa shape index (κ3) is 6.15. The number of fused-ring (bicyclic) bond motifs is 4. The third-order valence-electron chi connectivity index (χ3n) is 6.37. The number of ether oxygens (including phenoxy) is 6. The quantitative estimate of drug-likeness (QED) is 0.467. The summed E-state index contributed by atoms with van der Waals surface area (Å²) >= 11 is 0. The zero-order valence-electron chi connectivity index (χ0n) is 21.5. The van der Waals surface area contributed by atoms with E-state index in [9.17, 15) is 0 Å². The van der Waals surface area contributed by atoms with Gasteiger partial charge in [0.25, 0.3) is 0 Å². The average molecular weight is 511 g/mol. The van der Waals surface area contributed by atoms with Crippen molar-refractivity contribution >= 4 is 22.4 Å². The zero-order valence-corrected chi connectivity index (χ0v) is 21.5. The van der Waals surface area contributed by atoms with Crippen molar-refractivity contribution in [3.8, 4) is 23.0 Å². The van der Waals surface area contributed by atoms with Gasteiger partial charge in [-0.2, -0.15) is 0 Å². The molecule has 198 valence electrons. The summed E-state index contributed by atoms with van der Waals surface area (Å²) < 4.78 is 34.3. The van der Waals surface area contributed by atoms with E-state index in [4.69, 9.17) is 28.4 Å². The molecule has 0 unspecified atom stereocenters. The Kier molecular flexibility index (Phi) is 8.39. The van der Waals surface area contributed by atoms with Gasteiger partial charge < -0.3 is 38.6 Å². The summed E-state index contributed by atoms with van der Waals surface area (Å²) in [7, 11) is 3.79. The molecule has 5 rings (SSSR count). The van der Waals surface area contributed by atoms with Crippen LogP contribution in [0.3, 0.4) is 0 Å². The lowest BCUT2D eigenvalue weighted by Crippen LogP contribution is -2.20. The van der Waals surface area contributed by atoms with E-state index in [1.54, 1.807) is 13.4 Å². The first-order valence-corrected chi connectivity index (χ1v) is 12.7. The van der Waals surface area contributed by atoms with Crippen LogP contribution in [-0.4, -0.2) is 75.4 Å². The van der Waals surface area contributed by atoms with Crippen LogP contribution >= 0.6 is 0 Å². The predicted molar refractivity (Wildman–Crippen MR) is 139 cm³/mol. The van der Waals surface area contributed by atoms with Crippen LogP contribution in [0, 0.1) is 0 Å². The average Bonchev–Trinajstić information content (AvgIpc) is 3.38. The number of nitrogens with one attached hydrogen (secondary N) is 1. The van der Waals surface area contributed by atoms with E-state index < -0.39 is 0 Å². The van der Waals surface area contributed by atoms with Gasteiger partial charge in [0.15, 0.2) is 23.0 Å². The molecule has 0 saturated carbocycles. The van der Waals surface area contributed by atoms with Gasteiger partial charge >= 0.3 is 0 Å². The van der Waals surface area contributed by atoms with Gasteiger partial charge in [-0.25, -0.2) is 9.97 Å². The molecule has 0 fully saturated rings. The number of hydrogen-bond donors (Lipinski definition) is 1. The molecule has 2 aliphatic heterocycles. The number of nitrogens with zero attached hydrogens (tertiary/aromatic N) is 3. The summed E-state index contributed by atoms with van der Waals surface area (Å²) in [5, 5.41) is 4.35. The highest BCUT2D eigenvalue weighted by molar-refractivity contribution is 5.94. The number of rotatable bonds is 7. The maximum atomic E-state index is 6.21. The summed E-state index contributed by atoms with van der Waals surface area (Å²) in [6.45, 7) is 4.48. The highest BCUT2D eigenvalue weighted by Gasteiger charge is 2.23. The molecule has 0 atom stereocenters. The monoisotopic (exact) mass is 510 g/mol. The Morgan fingerprint density at radius 1 is 0.973 bits per heavy atom. The second-order valence-electron chi connectivity index (χ2n) is 9.10. The van der Waals surface area contributed by atoms with E-state index in [0.29, 0.717) is 56.1 Å². The Labute approximate surface area is 216 Å². The van der Waals surface area contributed by atoms with Gasteiger partial charge in [0, 0.05) is 25.1 Å². The lowest BCUT2D eigenvalue weighted by atomic mass is 10.1. The number of benzene rings is 2. The van der Waals surface area contributed by atoms with Gasteiger partial charge in [-0.05, 0) is 50.6 Å². The Hall–Kier alpha value is -3.34. The van der Waals surface area contributed by atoms with Crippen molar-refractivity contribution < 1.29 is 28.4 Å². The summed E-state index contributed by atoms with van der Waals surface area (Å²) in [6, 6.07) is 7.90. The zero-order chi connectivity index (χ0) is 25.5. The molecule has 3 aromatic rings. The molecule has 2 aliphatic rings. The molecule has 2 aromatic carbocycles. The van der Waals surface area contributed by atoms with E-state index in [-0.39, 0.29) is 6.79 Å². The molecule has 10 nitrogen and oxygen atoms in total. The van der Waals surface area contributed by atoms with Crippen LogP contribution in [0.2, 0.25) is 0 Å². The first-order valence-electron chi connectivity index (χ1n) is 12.7. The molecule has 3 heterocycles. The third-order valence-corrected chi connectivity index (χ3v) is 6.37. The van der Waals surface area contributed by atoms with E-state index in [1.165, 1.54) is 0 Å². The largest absolute Gasteiger partial charge is 0.490 e. The van der Waals surface area contributed by atoms with Gasteiger partial charge in [0.05, 0.1) is 37.6 Å². The summed E-state index contributed by atoms with van der Waals surface area (Å²) in [5.74, 6) is 3.37. The van der Waals surface area contributed by atoms with Gasteiger partial charge in [-0.15, -0.1) is 0 Å². The Bertz CT molecular complexity index is 1210. The van der Waals surface area contributed by atoms with Crippen LogP contribution in [0.4, 0.5) is 11.5 Å².